The Balaban J connectivity index is 1.83. The zero-order valence-corrected chi connectivity index (χ0v) is 16.0. The van der Waals surface area contributed by atoms with Crippen LogP contribution in [0.4, 0.5) is 11.5 Å². The summed E-state index contributed by atoms with van der Waals surface area (Å²) in [6.07, 6.45) is 7.46. The van der Waals surface area contributed by atoms with E-state index in [2.05, 4.69) is 4.98 Å². The zero-order valence-electron chi connectivity index (χ0n) is 16.0. The smallest absolute Gasteiger partial charge is 0.257 e. The fourth-order valence-corrected chi connectivity index (χ4v) is 4.09. The van der Waals surface area contributed by atoms with Gasteiger partial charge in [0, 0.05) is 35.9 Å². The van der Waals surface area contributed by atoms with E-state index >= 15 is 0 Å². The number of hydrogen-bond acceptors (Lipinski definition) is 5. The normalized spacial score (nSPS) is 16.7. The predicted octanol–water partition coefficient (Wildman–Crippen LogP) is 3.58. The van der Waals surface area contributed by atoms with Crippen molar-refractivity contribution in [3.8, 4) is 5.75 Å². The Morgan fingerprint density at radius 3 is 2.24 bits per heavy atom. The number of nitrogens with zero attached hydrogens (tertiary/aromatic N) is 2. The van der Waals surface area contributed by atoms with Crippen LogP contribution in [0.25, 0.3) is 10.8 Å². The Kier molecular flexibility index (Phi) is 3.64. The Hall–Kier alpha value is -3.80. The van der Waals surface area contributed by atoms with Crippen LogP contribution in [0.3, 0.4) is 0 Å². The number of methoxy groups -OCH3 is 1. The topological polar surface area (TPSA) is 65.6 Å². The number of aromatic amines is 1. The molecule has 2 aliphatic rings. The number of ether oxygens (including phenoxy) is 1. The summed E-state index contributed by atoms with van der Waals surface area (Å²) < 4.78 is 5.27. The van der Waals surface area contributed by atoms with Crippen LogP contribution in [0.5, 0.6) is 5.75 Å². The lowest BCUT2D eigenvalue weighted by molar-refractivity contribution is 0.0959. The number of nitrogens with one attached hydrogen (secondary N) is 1. The summed E-state index contributed by atoms with van der Waals surface area (Å²) in [5.74, 6) is 1.15. The predicted molar refractivity (Wildman–Crippen MR) is 113 cm³/mol. The first-order chi connectivity index (χ1) is 14.0. The third kappa shape index (κ3) is 2.35. The number of benzene rings is 2. The summed E-state index contributed by atoms with van der Waals surface area (Å²) in [5, 5.41) is 1.17. The molecule has 3 aromatic rings. The Bertz CT molecular complexity index is 1240. The average molecular weight is 385 g/mol. The van der Waals surface area contributed by atoms with Crippen molar-refractivity contribution in [1.82, 2.24) is 9.88 Å². The first kappa shape index (κ1) is 17.3. The SMILES string of the molecule is COc1ccc(N2c3[nH]c(=O)c4ccccc4c3C(=O)C23C=CN(C)C=C3)cc1. The van der Waals surface area contributed by atoms with Gasteiger partial charge in [0.15, 0.2) is 0 Å². The molecule has 0 bridgehead atoms. The van der Waals surface area contributed by atoms with E-state index in [9.17, 15) is 9.59 Å². The van der Waals surface area contributed by atoms with Gasteiger partial charge in [0.2, 0.25) is 5.78 Å². The molecule has 1 N–H and O–H groups in total. The molecule has 0 fully saturated rings. The van der Waals surface area contributed by atoms with Gasteiger partial charge < -0.3 is 19.5 Å². The van der Waals surface area contributed by atoms with E-state index in [0.29, 0.717) is 22.2 Å². The highest BCUT2D eigenvalue weighted by Crippen LogP contribution is 2.47. The van der Waals surface area contributed by atoms with Crippen molar-refractivity contribution in [3.63, 3.8) is 0 Å². The highest BCUT2D eigenvalue weighted by molar-refractivity contribution is 6.24. The van der Waals surface area contributed by atoms with Crippen LogP contribution in [0.1, 0.15) is 10.4 Å². The number of pyridine rings is 1. The van der Waals surface area contributed by atoms with E-state index in [1.807, 2.05) is 77.8 Å². The number of H-pyrrole nitrogens is 1. The van der Waals surface area contributed by atoms with Crippen LogP contribution in [0.15, 0.2) is 77.9 Å². The molecule has 0 saturated heterocycles. The van der Waals surface area contributed by atoms with Crippen molar-refractivity contribution in [2.24, 2.45) is 0 Å². The van der Waals surface area contributed by atoms with Gasteiger partial charge in [-0.3, -0.25) is 9.59 Å². The van der Waals surface area contributed by atoms with Crippen LogP contribution in [0.2, 0.25) is 0 Å². The van der Waals surface area contributed by atoms with Gasteiger partial charge in [-0.25, -0.2) is 0 Å². The lowest BCUT2D eigenvalue weighted by Crippen LogP contribution is -2.46. The van der Waals surface area contributed by atoms with Gasteiger partial charge in [-0.2, -0.15) is 0 Å². The molecule has 29 heavy (non-hydrogen) atoms. The molecule has 1 aromatic heterocycles. The quantitative estimate of drug-likeness (QED) is 0.730. The minimum Gasteiger partial charge on any atom is -0.497 e. The maximum Gasteiger partial charge on any atom is 0.257 e. The molecule has 6 heteroatoms. The lowest BCUT2D eigenvalue weighted by atomic mass is 9.89. The molecule has 3 heterocycles. The number of fused-ring (bicyclic) bond motifs is 3. The molecule has 2 aliphatic heterocycles. The van der Waals surface area contributed by atoms with Crippen LogP contribution < -0.4 is 15.2 Å². The highest BCUT2D eigenvalue weighted by Gasteiger charge is 2.51. The number of rotatable bonds is 2. The number of hydrogen-bond donors (Lipinski definition) is 1. The number of aromatic nitrogens is 1. The standard InChI is InChI=1S/C23H19N3O3/c1-25-13-11-23(12-14-25)20(27)19-17-5-3-4-6-18(17)22(28)24-21(19)26(23)15-7-9-16(29-2)10-8-15/h3-14H,1-2H3,(H,24,28). The van der Waals surface area contributed by atoms with E-state index in [1.54, 1.807) is 19.2 Å². The van der Waals surface area contributed by atoms with Crippen LogP contribution in [-0.2, 0) is 0 Å². The van der Waals surface area contributed by atoms with Crippen LogP contribution >= 0.6 is 0 Å². The second-order valence-corrected chi connectivity index (χ2v) is 7.21. The van der Waals surface area contributed by atoms with E-state index in [-0.39, 0.29) is 11.3 Å². The van der Waals surface area contributed by atoms with Gasteiger partial charge in [-0.15, -0.1) is 0 Å². The molecule has 1 spiro atoms. The number of carbonyl (C=O) groups is 1. The van der Waals surface area contributed by atoms with Gasteiger partial charge in [-0.05, 0) is 42.5 Å². The largest absolute Gasteiger partial charge is 0.497 e. The summed E-state index contributed by atoms with van der Waals surface area (Å²) in [6, 6.07) is 14.7. The Labute approximate surface area is 167 Å². The molecule has 0 saturated carbocycles. The second-order valence-electron chi connectivity index (χ2n) is 7.21. The second kappa shape index (κ2) is 6.10. The van der Waals surface area contributed by atoms with Gasteiger partial charge in [0.25, 0.3) is 5.56 Å². The van der Waals surface area contributed by atoms with Gasteiger partial charge >= 0.3 is 0 Å². The summed E-state index contributed by atoms with van der Waals surface area (Å²) in [4.78, 5) is 33.3. The minimum absolute atomic E-state index is 0.0728. The van der Waals surface area contributed by atoms with Crippen molar-refractivity contribution >= 4 is 28.1 Å². The maximum absolute atomic E-state index is 13.8. The number of carbonyl (C=O) groups excluding carboxylic acids is 1. The fourth-order valence-electron chi connectivity index (χ4n) is 4.09. The fraction of sp³-hybridized carbons (Fsp3) is 0.130. The Morgan fingerprint density at radius 1 is 0.931 bits per heavy atom. The first-order valence-electron chi connectivity index (χ1n) is 9.30. The van der Waals surface area contributed by atoms with Gasteiger partial charge in [0.1, 0.15) is 17.1 Å². The van der Waals surface area contributed by atoms with E-state index in [0.717, 1.165) is 11.4 Å². The molecule has 0 amide bonds. The van der Waals surface area contributed by atoms with E-state index < -0.39 is 5.54 Å². The van der Waals surface area contributed by atoms with Crippen molar-refractivity contribution in [2.45, 2.75) is 5.54 Å². The molecule has 0 aliphatic carbocycles. The molecule has 0 radical (unpaired) electrons. The third-order valence-electron chi connectivity index (χ3n) is 5.55. The summed E-state index contributed by atoms with van der Waals surface area (Å²) in [5.41, 5.74) is 0.0393. The van der Waals surface area contributed by atoms with E-state index in [4.69, 9.17) is 4.74 Å². The number of ketones is 1. The monoisotopic (exact) mass is 385 g/mol. The molecule has 0 atom stereocenters. The van der Waals surface area contributed by atoms with Crippen molar-refractivity contribution in [2.75, 3.05) is 19.1 Å². The lowest BCUT2D eigenvalue weighted by Gasteiger charge is -2.36. The molecule has 144 valence electrons. The zero-order chi connectivity index (χ0) is 20.2. The molecular formula is C23H19N3O3. The molecule has 2 aromatic carbocycles. The summed E-state index contributed by atoms with van der Waals surface area (Å²) in [7, 11) is 3.51. The first-order valence-corrected chi connectivity index (χ1v) is 9.30. The van der Waals surface area contributed by atoms with E-state index in [1.165, 1.54) is 0 Å². The molecule has 0 unspecified atom stereocenters. The van der Waals surface area contributed by atoms with Crippen molar-refractivity contribution in [1.29, 1.82) is 0 Å². The molecule has 5 rings (SSSR count). The molecule has 6 nitrogen and oxygen atoms in total. The summed E-state index contributed by atoms with van der Waals surface area (Å²) in [6.45, 7) is 0. The van der Waals surface area contributed by atoms with Gasteiger partial charge in [-0.1, -0.05) is 18.2 Å². The average Bonchev–Trinajstić information content (AvgIpc) is 2.98. The number of anilines is 2. The summed E-state index contributed by atoms with van der Waals surface area (Å²) >= 11 is 0. The van der Waals surface area contributed by atoms with Crippen molar-refractivity contribution < 1.29 is 9.53 Å². The highest BCUT2D eigenvalue weighted by atomic mass is 16.5. The third-order valence-corrected chi connectivity index (χ3v) is 5.55. The minimum atomic E-state index is -1.05. The van der Waals surface area contributed by atoms with Crippen LogP contribution in [0, 0.1) is 0 Å². The number of Topliss-reactive ketones (excluding diaryl/α,β-unsaturated/α-hetero) is 1. The Morgan fingerprint density at radius 2 is 1.59 bits per heavy atom. The van der Waals surface area contributed by atoms with Crippen LogP contribution in [-0.4, -0.2) is 35.4 Å². The van der Waals surface area contributed by atoms with Gasteiger partial charge in [0.05, 0.1) is 12.7 Å². The molecular weight excluding hydrogens is 366 g/mol. The maximum atomic E-state index is 13.8. The van der Waals surface area contributed by atoms with Crippen molar-refractivity contribution in [3.05, 3.63) is 89.0 Å².